The normalized spacial score (nSPS) is 12.7. The van der Waals surface area contributed by atoms with E-state index in [-0.39, 0.29) is 11.7 Å². The number of rotatable bonds is 7. The number of ether oxygens (including phenoxy) is 2. The summed E-state index contributed by atoms with van der Waals surface area (Å²) in [5.41, 5.74) is 5.44. The summed E-state index contributed by atoms with van der Waals surface area (Å²) in [5, 5.41) is 3.96. The third-order valence-corrected chi connectivity index (χ3v) is 6.98. The summed E-state index contributed by atoms with van der Waals surface area (Å²) in [7, 11) is -3.97. The van der Waals surface area contributed by atoms with Gasteiger partial charge in [0.05, 0.1) is 16.8 Å². The number of hydrogen-bond acceptors (Lipinski definition) is 6. The number of nitrogens with one attached hydrogen (secondary N) is 1. The van der Waals surface area contributed by atoms with Crippen molar-refractivity contribution >= 4 is 27.8 Å². The van der Waals surface area contributed by atoms with Crippen molar-refractivity contribution < 1.29 is 22.7 Å². The molecule has 170 valence electrons. The number of fused-ring (bicyclic) bond motifs is 1. The molecular weight excluding hydrogens is 442 g/mol. The number of hydrogen-bond donors (Lipinski definition) is 1. The highest BCUT2D eigenvalue weighted by molar-refractivity contribution is 7.92. The molecule has 0 aliphatic carbocycles. The Morgan fingerprint density at radius 3 is 2.52 bits per heavy atom. The molecule has 1 heterocycles. The molecule has 0 saturated heterocycles. The van der Waals surface area contributed by atoms with Gasteiger partial charge in [-0.2, -0.15) is 5.10 Å². The van der Waals surface area contributed by atoms with Gasteiger partial charge in [0.2, 0.25) is 6.79 Å². The number of carbonyl (C=O) groups is 1. The van der Waals surface area contributed by atoms with Crippen LogP contribution in [-0.4, -0.2) is 33.9 Å². The van der Waals surface area contributed by atoms with Gasteiger partial charge < -0.3 is 9.47 Å². The summed E-state index contributed by atoms with van der Waals surface area (Å²) >= 11 is 0. The van der Waals surface area contributed by atoms with Crippen LogP contribution < -0.4 is 19.2 Å². The lowest BCUT2D eigenvalue weighted by atomic mass is 10.1. The van der Waals surface area contributed by atoms with E-state index in [9.17, 15) is 13.2 Å². The monoisotopic (exact) mass is 465 g/mol. The molecule has 0 spiro atoms. The topological polar surface area (TPSA) is 97.3 Å². The fourth-order valence-electron chi connectivity index (χ4n) is 3.25. The molecule has 0 radical (unpaired) electrons. The summed E-state index contributed by atoms with van der Waals surface area (Å²) in [6, 6.07) is 18.5. The largest absolute Gasteiger partial charge is 0.454 e. The van der Waals surface area contributed by atoms with Crippen molar-refractivity contribution in [2.45, 2.75) is 18.7 Å². The van der Waals surface area contributed by atoms with Crippen LogP contribution in [0.25, 0.3) is 0 Å². The summed E-state index contributed by atoms with van der Waals surface area (Å²) in [4.78, 5) is 12.8. The number of sulfonamides is 1. The number of anilines is 1. The standard InChI is InChI=1S/C24H23N3O5S/c1-17-8-10-20(12-18(17)2)27(33(29,30)21-6-4-3-5-7-21)15-24(28)26-25-14-19-9-11-22-23(13-19)32-16-31-22/h3-14H,15-16H2,1-2H3,(H,26,28)/b25-14-. The van der Waals surface area contributed by atoms with E-state index in [1.807, 2.05) is 19.9 Å². The molecule has 1 N–H and O–H groups in total. The summed E-state index contributed by atoms with van der Waals surface area (Å²) < 4.78 is 38.4. The minimum Gasteiger partial charge on any atom is -0.454 e. The maximum atomic E-state index is 13.3. The van der Waals surface area contributed by atoms with Crippen LogP contribution in [0, 0.1) is 13.8 Å². The lowest BCUT2D eigenvalue weighted by molar-refractivity contribution is -0.119. The third kappa shape index (κ3) is 4.98. The minimum absolute atomic E-state index is 0.0971. The highest BCUT2D eigenvalue weighted by atomic mass is 32.2. The van der Waals surface area contributed by atoms with Crippen molar-refractivity contribution in [1.29, 1.82) is 0 Å². The third-order valence-electron chi connectivity index (χ3n) is 5.20. The number of nitrogens with zero attached hydrogens (tertiary/aromatic N) is 2. The van der Waals surface area contributed by atoms with Gasteiger partial charge in [0, 0.05) is 0 Å². The lowest BCUT2D eigenvalue weighted by Gasteiger charge is -2.24. The Hall–Kier alpha value is -3.85. The van der Waals surface area contributed by atoms with Crippen LogP contribution in [0.5, 0.6) is 11.5 Å². The van der Waals surface area contributed by atoms with Crippen molar-refractivity contribution in [2.24, 2.45) is 5.10 Å². The number of carbonyl (C=O) groups excluding carboxylic acids is 1. The van der Waals surface area contributed by atoms with E-state index in [4.69, 9.17) is 9.47 Å². The zero-order chi connectivity index (χ0) is 23.4. The van der Waals surface area contributed by atoms with Crippen molar-refractivity contribution in [3.05, 3.63) is 83.4 Å². The predicted octanol–water partition coefficient (Wildman–Crippen LogP) is 3.38. The maximum absolute atomic E-state index is 13.3. The molecule has 0 bridgehead atoms. The molecule has 0 saturated carbocycles. The highest BCUT2D eigenvalue weighted by Gasteiger charge is 2.27. The van der Waals surface area contributed by atoms with Crippen LogP contribution in [0.1, 0.15) is 16.7 Å². The second-order valence-corrected chi connectivity index (χ2v) is 9.36. The molecule has 0 atom stereocenters. The van der Waals surface area contributed by atoms with Crippen LogP contribution in [0.2, 0.25) is 0 Å². The molecular formula is C24H23N3O5S. The second kappa shape index (κ2) is 9.33. The molecule has 1 aliphatic rings. The van der Waals surface area contributed by atoms with E-state index >= 15 is 0 Å². The molecule has 9 heteroatoms. The van der Waals surface area contributed by atoms with Gasteiger partial charge in [-0.25, -0.2) is 13.8 Å². The zero-order valence-electron chi connectivity index (χ0n) is 18.2. The Morgan fingerprint density at radius 1 is 1.00 bits per heavy atom. The van der Waals surface area contributed by atoms with Crippen LogP contribution in [0.4, 0.5) is 5.69 Å². The summed E-state index contributed by atoms with van der Waals surface area (Å²) in [6.45, 7) is 3.56. The Kier molecular flexibility index (Phi) is 6.32. The molecule has 0 aromatic heterocycles. The molecule has 1 aliphatic heterocycles. The van der Waals surface area contributed by atoms with Crippen LogP contribution in [-0.2, 0) is 14.8 Å². The van der Waals surface area contributed by atoms with Crippen LogP contribution in [0.3, 0.4) is 0 Å². The Morgan fingerprint density at radius 2 is 1.76 bits per heavy atom. The predicted molar refractivity (Wildman–Crippen MR) is 125 cm³/mol. The number of aryl methyl sites for hydroxylation is 2. The second-order valence-electron chi connectivity index (χ2n) is 7.50. The minimum atomic E-state index is -3.97. The van der Waals surface area contributed by atoms with Gasteiger partial charge in [0.15, 0.2) is 11.5 Å². The average molecular weight is 466 g/mol. The smallest absolute Gasteiger partial charge is 0.264 e. The van der Waals surface area contributed by atoms with Gasteiger partial charge >= 0.3 is 0 Å². The van der Waals surface area contributed by atoms with E-state index < -0.39 is 22.5 Å². The fraction of sp³-hybridized carbons (Fsp3) is 0.167. The first-order valence-corrected chi connectivity index (χ1v) is 11.7. The van der Waals surface area contributed by atoms with Crippen LogP contribution >= 0.6 is 0 Å². The Balaban J connectivity index is 1.54. The summed E-state index contributed by atoms with van der Waals surface area (Å²) in [5.74, 6) is 0.663. The van der Waals surface area contributed by atoms with Gasteiger partial charge in [-0.3, -0.25) is 9.10 Å². The first-order chi connectivity index (χ1) is 15.8. The van der Waals surface area contributed by atoms with Crippen molar-refractivity contribution in [3.63, 3.8) is 0 Å². The SMILES string of the molecule is Cc1ccc(N(CC(=O)N/N=C\c2ccc3c(c2)OCO3)S(=O)(=O)c2ccccc2)cc1C. The molecule has 3 aromatic carbocycles. The number of amides is 1. The number of hydrazone groups is 1. The van der Waals surface area contributed by atoms with Crippen molar-refractivity contribution in [2.75, 3.05) is 17.6 Å². The van der Waals surface area contributed by atoms with Crippen molar-refractivity contribution in [1.82, 2.24) is 5.43 Å². The molecule has 8 nitrogen and oxygen atoms in total. The van der Waals surface area contributed by atoms with Crippen molar-refractivity contribution in [3.8, 4) is 11.5 Å². The molecule has 0 unspecified atom stereocenters. The highest BCUT2D eigenvalue weighted by Crippen LogP contribution is 2.32. The first-order valence-electron chi connectivity index (χ1n) is 10.2. The number of benzene rings is 3. The zero-order valence-corrected chi connectivity index (χ0v) is 19.0. The molecule has 1 amide bonds. The van der Waals surface area contributed by atoms with E-state index in [0.29, 0.717) is 22.7 Å². The van der Waals surface area contributed by atoms with Gasteiger partial charge in [-0.15, -0.1) is 0 Å². The van der Waals surface area contributed by atoms with E-state index in [2.05, 4.69) is 10.5 Å². The molecule has 0 fully saturated rings. The fourth-order valence-corrected chi connectivity index (χ4v) is 4.69. The quantitative estimate of drug-likeness (QED) is 0.426. The van der Waals surface area contributed by atoms with Gasteiger partial charge in [0.25, 0.3) is 15.9 Å². The molecule has 3 aromatic rings. The van der Waals surface area contributed by atoms with E-state index in [0.717, 1.165) is 15.4 Å². The molecule has 33 heavy (non-hydrogen) atoms. The van der Waals surface area contributed by atoms with Gasteiger partial charge in [-0.1, -0.05) is 24.3 Å². The van der Waals surface area contributed by atoms with Gasteiger partial charge in [0.1, 0.15) is 6.54 Å². The average Bonchev–Trinajstić information content (AvgIpc) is 3.28. The van der Waals surface area contributed by atoms with Crippen LogP contribution in [0.15, 0.2) is 76.7 Å². The van der Waals surface area contributed by atoms with E-state index in [1.165, 1.54) is 18.3 Å². The molecule has 4 rings (SSSR count). The first kappa shape index (κ1) is 22.3. The lowest BCUT2D eigenvalue weighted by Crippen LogP contribution is -2.39. The van der Waals surface area contributed by atoms with E-state index in [1.54, 1.807) is 48.5 Å². The Labute approximate surface area is 192 Å². The Bertz CT molecular complexity index is 1310. The maximum Gasteiger partial charge on any atom is 0.264 e. The summed E-state index contributed by atoms with van der Waals surface area (Å²) in [6.07, 6.45) is 1.45. The van der Waals surface area contributed by atoms with Gasteiger partial charge in [-0.05, 0) is 73.0 Å².